The Morgan fingerprint density at radius 3 is 2.72 bits per heavy atom. The topological polar surface area (TPSA) is 26.0 Å². The van der Waals surface area contributed by atoms with Crippen LogP contribution in [0.5, 0.6) is 0 Å². The second-order valence-corrected chi connectivity index (χ2v) is 5.04. The molecular weight excluding hydrogens is 225 g/mol. The van der Waals surface area contributed by atoms with Crippen LogP contribution in [0.1, 0.15) is 34.2 Å². The Morgan fingerprint density at radius 1 is 1.22 bits per heavy atom. The summed E-state index contributed by atoms with van der Waals surface area (Å²) in [6, 6.07) is 13.5. The standard InChI is InChI=1S/C16H16FN/c1-10-6-7-12(9-15(10)17)16(18)14-8-11-4-2-3-5-13(11)14/h2-7,9,14,16H,8,18H2,1H3. The second kappa shape index (κ2) is 4.21. The lowest BCUT2D eigenvalue weighted by Gasteiger charge is -2.35. The molecule has 2 unspecified atom stereocenters. The number of fused-ring (bicyclic) bond motifs is 1. The maximum atomic E-state index is 13.6. The van der Waals surface area contributed by atoms with E-state index < -0.39 is 0 Å². The molecule has 0 radical (unpaired) electrons. The average Bonchev–Trinajstić information content (AvgIpc) is 2.34. The van der Waals surface area contributed by atoms with E-state index in [0.717, 1.165) is 12.0 Å². The number of rotatable bonds is 2. The van der Waals surface area contributed by atoms with Crippen molar-refractivity contribution >= 4 is 0 Å². The van der Waals surface area contributed by atoms with Crippen molar-refractivity contribution in [2.45, 2.75) is 25.3 Å². The molecule has 2 heteroatoms. The van der Waals surface area contributed by atoms with E-state index in [1.807, 2.05) is 18.2 Å². The zero-order valence-electron chi connectivity index (χ0n) is 10.4. The molecule has 0 saturated carbocycles. The summed E-state index contributed by atoms with van der Waals surface area (Å²) in [4.78, 5) is 0. The van der Waals surface area contributed by atoms with Gasteiger partial charge in [0.2, 0.25) is 0 Å². The molecule has 2 aromatic carbocycles. The van der Waals surface area contributed by atoms with Crippen molar-refractivity contribution in [1.29, 1.82) is 0 Å². The molecule has 1 nitrogen and oxygen atoms in total. The van der Waals surface area contributed by atoms with Crippen molar-refractivity contribution in [3.05, 3.63) is 70.5 Å². The Kier molecular flexibility index (Phi) is 2.67. The first-order valence-corrected chi connectivity index (χ1v) is 6.26. The fourth-order valence-corrected chi connectivity index (χ4v) is 2.67. The molecule has 2 N–H and O–H groups in total. The highest BCUT2D eigenvalue weighted by Crippen LogP contribution is 2.42. The Balaban J connectivity index is 1.88. The van der Waals surface area contributed by atoms with Gasteiger partial charge in [0.25, 0.3) is 0 Å². The monoisotopic (exact) mass is 241 g/mol. The first kappa shape index (κ1) is 11.4. The van der Waals surface area contributed by atoms with Gasteiger partial charge in [0.1, 0.15) is 5.82 Å². The molecule has 3 rings (SSSR count). The number of hydrogen-bond donors (Lipinski definition) is 1. The van der Waals surface area contributed by atoms with Gasteiger partial charge in [-0.25, -0.2) is 4.39 Å². The summed E-state index contributed by atoms with van der Waals surface area (Å²) in [5.41, 5.74) is 10.5. The average molecular weight is 241 g/mol. The summed E-state index contributed by atoms with van der Waals surface area (Å²) in [5, 5.41) is 0. The number of halogens is 1. The lowest BCUT2D eigenvalue weighted by atomic mass is 9.72. The number of nitrogens with two attached hydrogens (primary N) is 1. The number of aryl methyl sites for hydroxylation is 1. The van der Waals surface area contributed by atoms with Crippen LogP contribution in [0.3, 0.4) is 0 Å². The van der Waals surface area contributed by atoms with E-state index in [1.54, 1.807) is 19.1 Å². The van der Waals surface area contributed by atoms with E-state index in [2.05, 4.69) is 12.1 Å². The molecule has 0 spiro atoms. The van der Waals surface area contributed by atoms with Crippen LogP contribution < -0.4 is 5.73 Å². The maximum Gasteiger partial charge on any atom is 0.126 e. The van der Waals surface area contributed by atoms with Crippen molar-refractivity contribution in [3.63, 3.8) is 0 Å². The summed E-state index contributed by atoms with van der Waals surface area (Å²) in [7, 11) is 0. The van der Waals surface area contributed by atoms with Crippen molar-refractivity contribution < 1.29 is 4.39 Å². The molecule has 2 atom stereocenters. The van der Waals surface area contributed by atoms with Gasteiger partial charge < -0.3 is 5.73 Å². The molecule has 0 aliphatic heterocycles. The normalized spacial score (nSPS) is 18.9. The van der Waals surface area contributed by atoms with Gasteiger partial charge in [-0.15, -0.1) is 0 Å². The van der Waals surface area contributed by atoms with Crippen LogP contribution in [-0.2, 0) is 6.42 Å². The van der Waals surface area contributed by atoms with E-state index in [1.165, 1.54) is 11.1 Å². The number of benzene rings is 2. The van der Waals surface area contributed by atoms with Crippen LogP contribution in [0, 0.1) is 12.7 Å². The van der Waals surface area contributed by atoms with Gasteiger partial charge in [-0.2, -0.15) is 0 Å². The van der Waals surface area contributed by atoms with Crippen molar-refractivity contribution in [2.24, 2.45) is 5.73 Å². The molecule has 2 aromatic rings. The lowest BCUT2D eigenvalue weighted by molar-refractivity contribution is 0.496. The molecule has 0 aromatic heterocycles. The van der Waals surface area contributed by atoms with Gasteiger partial charge in [0.05, 0.1) is 0 Å². The van der Waals surface area contributed by atoms with E-state index in [-0.39, 0.29) is 11.9 Å². The van der Waals surface area contributed by atoms with E-state index in [9.17, 15) is 4.39 Å². The molecule has 92 valence electrons. The Hall–Kier alpha value is -1.67. The van der Waals surface area contributed by atoms with Crippen molar-refractivity contribution in [3.8, 4) is 0 Å². The van der Waals surface area contributed by atoms with Crippen LogP contribution in [-0.4, -0.2) is 0 Å². The lowest BCUT2D eigenvalue weighted by Crippen LogP contribution is -2.29. The van der Waals surface area contributed by atoms with Crippen LogP contribution in [0.4, 0.5) is 4.39 Å². The third-order valence-electron chi connectivity index (χ3n) is 3.91. The molecule has 0 amide bonds. The molecule has 0 saturated heterocycles. The van der Waals surface area contributed by atoms with Crippen LogP contribution in [0.15, 0.2) is 42.5 Å². The summed E-state index contributed by atoms with van der Waals surface area (Å²) in [5.74, 6) is 0.152. The van der Waals surface area contributed by atoms with Crippen molar-refractivity contribution in [2.75, 3.05) is 0 Å². The van der Waals surface area contributed by atoms with Crippen molar-refractivity contribution in [1.82, 2.24) is 0 Å². The first-order valence-electron chi connectivity index (χ1n) is 6.26. The van der Waals surface area contributed by atoms with Crippen LogP contribution in [0.2, 0.25) is 0 Å². The predicted octanol–water partition coefficient (Wildman–Crippen LogP) is 3.47. The zero-order valence-corrected chi connectivity index (χ0v) is 10.4. The Bertz CT molecular complexity index is 591. The molecular formula is C16H16FN. The SMILES string of the molecule is Cc1ccc(C(N)C2Cc3ccccc32)cc1F. The summed E-state index contributed by atoms with van der Waals surface area (Å²) in [6.45, 7) is 1.77. The van der Waals surface area contributed by atoms with E-state index in [0.29, 0.717) is 11.5 Å². The quantitative estimate of drug-likeness (QED) is 0.856. The molecule has 0 heterocycles. The van der Waals surface area contributed by atoms with E-state index in [4.69, 9.17) is 5.73 Å². The van der Waals surface area contributed by atoms with Gasteiger partial charge in [0, 0.05) is 12.0 Å². The fourth-order valence-electron chi connectivity index (χ4n) is 2.67. The zero-order chi connectivity index (χ0) is 12.7. The van der Waals surface area contributed by atoms with Gasteiger partial charge >= 0.3 is 0 Å². The van der Waals surface area contributed by atoms with Gasteiger partial charge in [-0.05, 0) is 41.7 Å². The second-order valence-electron chi connectivity index (χ2n) is 5.04. The predicted molar refractivity (Wildman–Crippen MR) is 71.0 cm³/mol. The minimum absolute atomic E-state index is 0.116. The smallest absolute Gasteiger partial charge is 0.126 e. The minimum Gasteiger partial charge on any atom is -0.323 e. The van der Waals surface area contributed by atoms with Gasteiger partial charge in [-0.3, -0.25) is 0 Å². The molecule has 1 aliphatic rings. The highest BCUT2D eigenvalue weighted by Gasteiger charge is 2.31. The summed E-state index contributed by atoms with van der Waals surface area (Å²) in [6.07, 6.45) is 0.993. The highest BCUT2D eigenvalue weighted by molar-refractivity contribution is 5.43. The highest BCUT2D eigenvalue weighted by atomic mass is 19.1. The van der Waals surface area contributed by atoms with Crippen LogP contribution >= 0.6 is 0 Å². The molecule has 0 fully saturated rings. The third kappa shape index (κ3) is 1.73. The number of hydrogen-bond acceptors (Lipinski definition) is 1. The van der Waals surface area contributed by atoms with Gasteiger partial charge in [0.15, 0.2) is 0 Å². The summed E-state index contributed by atoms with van der Waals surface area (Å²) < 4.78 is 13.6. The van der Waals surface area contributed by atoms with Gasteiger partial charge in [-0.1, -0.05) is 36.4 Å². The Labute approximate surface area is 106 Å². The third-order valence-corrected chi connectivity index (χ3v) is 3.91. The summed E-state index contributed by atoms with van der Waals surface area (Å²) >= 11 is 0. The first-order chi connectivity index (χ1) is 8.66. The Morgan fingerprint density at radius 2 is 2.00 bits per heavy atom. The molecule has 1 aliphatic carbocycles. The fraction of sp³-hybridized carbons (Fsp3) is 0.250. The molecule has 0 bridgehead atoms. The van der Waals surface area contributed by atoms with E-state index >= 15 is 0 Å². The van der Waals surface area contributed by atoms with Crippen LogP contribution in [0.25, 0.3) is 0 Å². The maximum absolute atomic E-state index is 13.6. The molecule has 18 heavy (non-hydrogen) atoms. The largest absolute Gasteiger partial charge is 0.323 e. The minimum atomic E-state index is -0.171.